The Labute approximate surface area is 126 Å². The van der Waals surface area contributed by atoms with Crippen LogP contribution in [0.2, 0.25) is 5.02 Å². The number of carbonyl (C=O) groups is 2. The van der Waals surface area contributed by atoms with Crippen molar-refractivity contribution in [2.24, 2.45) is 0 Å². The van der Waals surface area contributed by atoms with E-state index in [1.807, 2.05) is 24.3 Å². The smallest absolute Gasteiger partial charge is 0.326 e. The van der Waals surface area contributed by atoms with E-state index in [0.29, 0.717) is 17.1 Å². The summed E-state index contributed by atoms with van der Waals surface area (Å²) in [5, 5.41) is 9.82. The number of aromatic amines is 1. The van der Waals surface area contributed by atoms with Crippen LogP contribution in [-0.2, 0) is 17.8 Å². The first kappa shape index (κ1) is 13.7. The normalized spacial score (nSPS) is 17.4. The number of aliphatic carboxylic acids is 1. The fraction of sp³-hybridized carbons (Fsp3) is 0.200. The van der Waals surface area contributed by atoms with Crippen molar-refractivity contribution in [3.05, 3.63) is 58.4 Å². The fourth-order valence-electron chi connectivity index (χ4n) is 2.60. The van der Waals surface area contributed by atoms with Gasteiger partial charge in [0.15, 0.2) is 0 Å². The third-order valence-electron chi connectivity index (χ3n) is 3.67. The molecule has 1 aliphatic heterocycles. The largest absolute Gasteiger partial charge is 0.480 e. The molecule has 0 bridgehead atoms. The highest BCUT2D eigenvalue weighted by Gasteiger charge is 2.35. The van der Waals surface area contributed by atoms with E-state index in [1.165, 1.54) is 17.2 Å². The number of carboxylic acid groups (broad SMARTS) is 1. The number of benzene rings is 1. The van der Waals surface area contributed by atoms with Crippen molar-refractivity contribution in [3.8, 4) is 0 Å². The number of nitrogens with zero attached hydrogens (tertiary/aromatic N) is 1. The molecule has 1 aliphatic rings. The number of carbonyl (C=O) groups excluding carboxylic acids is 1. The Bertz CT molecular complexity index is 710. The molecule has 1 aromatic carbocycles. The van der Waals surface area contributed by atoms with Gasteiger partial charge in [-0.2, -0.15) is 0 Å². The van der Waals surface area contributed by atoms with Gasteiger partial charge >= 0.3 is 5.97 Å². The van der Waals surface area contributed by atoms with Crippen LogP contribution >= 0.6 is 11.6 Å². The molecule has 2 N–H and O–H groups in total. The van der Waals surface area contributed by atoms with Crippen LogP contribution in [0, 0.1) is 0 Å². The zero-order valence-corrected chi connectivity index (χ0v) is 11.8. The Kier molecular flexibility index (Phi) is 3.43. The number of nitrogens with one attached hydrogen (secondary N) is 1. The van der Waals surface area contributed by atoms with Gasteiger partial charge in [-0.3, -0.25) is 4.79 Å². The first-order valence-corrected chi connectivity index (χ1v) is 6.88. The van der Waals surface area contributed by atoms with Crippen LogP contribution in [0.3, 0.4) is 0 Å². The van der Waals surface area contributed by atoms with Gasteiger partial charge in [-0.1, -0.05) is 35.9 Å². The lowest BCUT2D eigenvalue weighted by molar-refractivity contribution is -0.142. The summed E-state index contributed by atoms with van der Waals surface area (Å²) in [5.41, 5.74) is 2.24. The van der Waals surface area contributed by atoms with Gasteiger partial charge in [0.05, 0.1) is 5.02 Å². The van der Waals surface area contributed by atoms with Crippen LogP contribution in [0.15, 0.2) is 36.5 Å². The number of carboxylic acids is 1. The summed E-state index contributed by atoms with van der Waals surface area (Å²) in [6.45, 7) is 0.280. The zero-order valence-electron chi connectivity index (χ0n) is 11.0. The van der Waals surface area contributed by atoms with Gasteiger partial charge in [0.2, 0.25) is 0 Å². The maximum atomic E-state index is 12.5. The molecule has 0 radical (unpaired) electrons. The number of halogens is 1. The maximum Gasteiger partial charge on any atom is 0.326 e. The standard InChI is InChI=1S/C15H13ClN2O3/c16-11-6-12(17-7-11)14(19)18-8-10-4-2-1-3-9(10)5-13(18)15(20)21/h1-4,6-7,13,17H,5,8H2,(H,20,21)/t13-/m0/s1. The van der Waals surface area contributed by atoms with Gasteiger partial charge in [0, 0.05) is 19.2 Å². The molecule has 108 valence electrons. The third kappa shape index (κ3) is 2.52. The minimum absolute atomic E-state index is 0.280. The van der Waals surface area contributed by atoms with Crippen molar-refractivity contribution in [1.29, 1.82) is 0 Å². The van der Waals surface area contributed by atoms with Crippen LogP contribution < -0.4 is 0 Å². The van der Waals surface area contributed by atoms with Crippen molar-refractivity contribution in [2.45, 2.75) is 19.0 Å². The second-order valence-corrected chi connectivity index (χ2v) is 5.43. The molecular weight excluding hydrogens is 292 g/mol. The number of aromatic nitrogens is 1. The van der Waals surface area contributed by atoms with E-state index in [-0.39, 0.29) is 12.5 Å². The summed E-state index contributed by atoms with van der Waals surface area (Å²) in [4.78, 5) is 28.1. The Morgan fingerprint density at radius 3 is 2.62 bits per heavy atom. The SMILES string of the molecule is O=C(O)[C@@H]1Cc2ccccc2CN1C(=O)c1cc(Cl)c[nH]1. The predicted molar refractivity (Wildman–Crippen MR) is 77.2 cm³/mol. The predicted octanol–water partition coefficient (Wildman–Crippen LogP) is 2.32. The molecule has 0 unspecified atom stereocenters. The molecule has 0 spiro atoms. The average molecular weight is 305 g/mol. The quantitative estimate of drug-likeness (QED) is 0.894. The highest BCUT2D eigenvalue weighted by molar-refractivity contribution is 6.31. The summed E-state index contributed by atoms with van der Waals surface area (Å²) >= 11 is 5.81. The number of fused-ring (bicyclic) bond motifs is 1. The molecule has 5 nitrogen and oxygen atoms in total. The minimum Gasteiger partial charge on any atom is -0.480 e. The summed E-state index contributed by atoms with van der Waals surface area (Å²) < 4.78 is 0. The molecule has 0 saturated heterocycles. The lowest BCUT2D eigenvalue weighted by Crippen LogP contribution is -2.48. The number of rotatable bonds is 2. The van der Waals surface area contributed by atoms with Gasteiger partial charge in [0.1, 0.15) is 11.7 Å². The van der Waals surface area contributed by atoms with Crippen LogP contribution in [0.5, 0.6) is 0 Å². The zero-order chi connectivity index (χ0) is 15.0. The van der Waals surface area contributed by atoms with Crippen molar-refractivity contribution in [1.82, 2.24) is 9.88 Å². The van der Waals surface area contributed by atoms with Gasteiger partial charge in [-0.25, -0.2) is 4.79 Å². The fourth-order valence-corrected chi connectivity index (χ4v) is 2.77. The molecule has 1 amide bonds. The molecule has 1 aromatic heterocycles. The summed E-state index contributed by atoms with van der Waals surface area (Å²) in [5.74, 6) is -1.36. The molecular formula is C15H13ClN2O3. The summed E-state index contributed by atoms with van der Waals surface area (Å²) in [6, 6.07) is 8.21. The van der Waals surface area contributed by atoms with Gasteiger partial charge in [0.25, 0.3) is 5.91 Å². The van der Waals surface area contributed by atoms with Crippen LogP contribution in [0.4, 0.5) is 0 Å². The Morgan fingerprint density at radius 2 is 2.00 bits per heavy atom. The van der Waals surface area contributed by atoms with Crippen molar-refractivity contribution in [2.75, 3.05) is 0 Å². The van der Waals surface area contributed by atoms with E-state index in [4.69, 9.17) is 11.6 Å². The molecule has 21 heavy (non-hydrogen) atoms. The van der Waals surface area contributed by atoms with Crippen LogP contribution in [0.25, 0.3) is 0 Å². The topological polar surface area (TPSA) is 73.4 Å². The van der Waals surface area contributed by atoms with E-state index in [2.05, 4.69) is 4.98 Å². The second kappa shape index (κ2) is 5.26. The molecule has 0 aliphatic carbocycles. The molecule has 1 atom stereocenters. The van der Waals surface area contributed by atoms with Gasteiger partial charge in [-0.05, 0) is 17.2 Å². The lowest BCUT2D eigenvalue weighted by Gasteiger charge is -2.34. The second-order valence-electron chi connectivity index (χ2n) is 4.99. The molecule has 2 aromatic rings. The van der Waals surface area contributed by atoms with E-state index in [9.17, 15) is 14.7 Å². The number of amides is 1. The first-order valence-electron chi connectivity index (χ1n) is 6.50. The Balaban J connectivity index is 1.96. The molecule has 0 saturated carbocycles. The van der Waals surface area contributed by atoms with Crippen LogP contribution in [-0.4, -0.2) is 32.9 Å². The van der Waals surface area contributed by atoms with Crippen molar-refractivity contribution in [3.63, 3.8) is 0 Å². The number of H-pyrrole nitrogens is 1. The van der Waals surface area contributed by atoms with E-state index in [1.54, 1.807) is 0 Å². The highest BCUT2D eigenvalue weighted by atomic mass is 35.5. The van der Waals surface area contributed by atoms with Crippen molar-refractivity contribution >= 4 is 23.5 Å². The lowest BCUT2D eigenvalue weighted by atomic mass is 9.93. The highest BCUT2D eigenvalue weighted by Crippen LogP contribution is 2.25. The Morgan fingerprint density at radius 1 is 1.29 bits per heavy atom. The molecule has 0 fully saturated rings. The molecule has 2 heterocycles. The van der Waals surface area contributed by atoms with Crippen LogP contribution in [0.1, 0.15) is 21.6 Å². The number of hydrogen-bond acceptors (Lipinski definition) is 2. The van der Waals surface area contributed by atoms with E-state index < -0.39 is 12.0 Å². The minimum atomic E-state index is -1.00. The molecule has 6 heteroatoms. The summed E-state index contributed by atoms with van der Waals surface area (Å²) in [7, 11) is 0. The van der Waals surface area contributed by atoms with E-state index in [0.717, 1.165) is 11.1 Å². The molecule has 3 rings (SSSR count). The van der Waals surface area contributed by atoms with Crippen molar-refractivity contribution < 1.29 is 14.7 Å². The van der Waals surface area contributed by atoms with Gasteiger partial charge < -0.3 is 15.0 Å². The monoisotopic (exact) mass is 304 g/mol. The number of hydrogen-bond donors (Lipinski definition) is 2. The maximum absolute atomic E-state index is 12.5. The van der Waals surface area contributed by atoms with E-state index >= 15 is 0 Å². The Hall–Kier alpha value is -2.27. The average Bonchev–Trinajstić information content (AvgIpc) is 2.91. The third-order valence-corrected chi connectivity index (χ3v) is 3.89. The van der Waals surface area contributed by atoms with Gasteiger partial charge in [-0.15, -0.1) is 0 Å². The first-order chi connectivity index (χ1) is 10.1. The summed E-state index contributed by atoms with van der Waals surface area (Å²) in [6.07, 6.45) is 1.81.